The summed E-state index contributed by atoms with van der Waals surface area (Å²) in [6.45, 7) is 1.47. The van der Waals surface area contributed by atoms with Crippen LogP contribution in [0.5, 0.6) is 0 Å². The van der Waals surface area contributed by atoms with Crippen LogP contribution in [0.4, 0.5) is 4.79 Å². The molecular formula is C44H48N10O6. The number of benzene rings is 3. The molecule has 60 heavy (non-hydrogen) atoms. The Morgan fingerprint density at radius 1 is 0.733 bits per heavy atom. The number of nitrogens with one attached hydrogen (secondary N) is 4. The summed E-state index contributed by atoms with van der Waals surface area (Å²) in [6.07, 6.45) is 6.09. The van der Waals surface area contributed by atoms with Crippen LogP contribution in [0.1, 0.15) is 61.0 Å². The van der Waals surface area contributed by atoms with Crippen LogP contribution in [0, 0.1) is 0 Å². The van der Waals surface area contributed by atoms with Gasteiger partial charge >= 0.3 is 6.09 Å². The number of amides is 3. The third-order valence-electron chi connectivity index (χ3n) is 11.2. The van der Waals surface area contributed by atoms with Crippen molar-refractivity contribution in [3.05, 3.63) is 108 Å². The molecular weight excluding hydrogens is 765 g/mol. The highest BCUT2D eigenvalue weighted by molar-refractivity contribution is 5.90. The van der Waals surface area contributed by atoms with Crippen molar-refractivity contribution in [3.63, 3.8) is 0 Å². The number of nitrogens with zero attached hydrogens (tertiary/aromatic N) is 6. The molecule has 0 saturated carbocycles. The minimum atomic E-state index is -0.867. The van der Waals surface area contributed by atoms with Crippen LogP contribution >= 0.6 is 0 Å². The van der Waals surface area contributed by atoms with E-state index in [2.05, 4.69) is 60.0 Å². The third-order valence-corrected chi connectivity index (χ3v) is 11.2. The fraction of sp³-hybridized carbons (Fsp3) is 0.341. The lowest BCUT2D eigenvalue weighted by Gasteiger charge is -2.28. The van der Waals surface area contributed by atoms with Gasteiger partial charge in [0.15, 0.2) is 0 Å². The second-order valence-corrected chi connectivity index (χ2v) is 14.9. The van der Waals surface area contributed by atoms with E-state index < -0.39 is 18.2 Å². The average molecular weight is 813 g/mol. The quantitative estimate of drug-likeness (QED) is 0.0986. The highest BCUT2D eigenvalue weighted by Crippen LogP contribution is 2.35. The summed E-state index contributed by atoms with van der Waals surface area (Å²) in [5, 5.41) is 17.0. The van der Waals surface area contributed by atoms with E-state index in [1.165, 1.54) is 14.2 Å². The molecule has 2 saturated heterocycles. The lowest BCUT2D eigenvalue weighted by atomic mass is 10.0. The number of H-pyrrole nitrogens is 2. The number of aromatic amines is 2. The Morgan fingerprint density at radius 2 is 1.35 bits per heavy atom. The first-order valence-electron chi connectivity index (χ1n) is 20.0. The number of hydrogen-bond donors (Lipinski definition) is 4. The van der Waals surface area contributed by atoms with E-state index in [0.29, 0.717) is 24.6 Å². The molecule has 0 radical (unpaired) electrons. The second kappa shape index (κ2) is 18.2. The van der Waals surface area contributed by atoms with Crippen LogP contribution in [0.3, 0.4) is 0 Å². The molecule has 3 aromatic heterocycles. The first-order chi connectivity index (χ1) is 29.3. The molecule has 16 heteroatoms. The lowest BCUT2D eigenvalue weighted by Crippen LogP contribution is -2.50. The van der Waals surface area contributed by atoms with Gasteiger partial charge in [0.25, 0.3) is 0 Å². The van der Waals surface area contributed by atoms with Gasteiger partial charge in [0.1, 0.15) is 29.4 Å². The Kier molecular flexibility index (Phi) is 12.2. The number of imidazole rings is 2. The monoisotopic (exact) mass is 812 g/mol. The summed E-state index contributed by atoms with van der Waals surface area (Å²) in [5.74, 6) is 1.14. The molecule has 8 rings (SSSR count). The Hall–Kier alpha value is -6.49. The van der Waals surface area contributed by atoms with E-state index in [1.807, 2.05) is 59.5 Å². The van der Waals surface area contributed by atoms with E-state index in [1.54, 1.807) is 24.4 Å². The van der Waals surface area contributed by atoms with Crippen LogP contribution < -0.4 is 10.6 Å². The van der Waals surface area contributed by atoms with E-state index in [4.69, 9.17) is 19.2 Å². The molecule has 0 aliphatic carbocycles. The summed E-state index contributed by atoms with van der Waals surface area (Å²) in [7, 11) is 4.34. The maximum atomic E-state index is 13.9. The lowest BCUT2D eigenvalue weighted by molar-refractivity contribution is -0.136. The fourth-order valence-corrected chi connectivity index (χ4v) is 8.19. The number of aromatic nitrogens is 6. The van der Waals surface area contributed by atoms with Gasteiger partial charge in [0.2, 0.25) is 11.8 Å². The maximum absolute atomic E-state index is 13.9. The van der Waals surface area contributed by atoms with Crippen molar-refractivity contribution >= 4 is 28.7 Å². The minimum absolute atomic E-state index is 0.0177. The van der Waals surface area contributed by atoms with Crippen LogP contribution in [0.15, 0.2) is 91.3 Å². The van der Waals surface area contributed by atoms with E-state index >= 15 is 0 Å². The Balaban J connectivity index is 0.937. The topological polar surface area (TPSA) is 193 Å². The molecule has 2 aliphatic rings. The van der Waals surface area contributed by atoms with Crippen LogP contribution in [-0.2, 0) is 23.8 Å². The highest BCUT2D eigenvalue weighted by Gasteiger charge is 2.37. The van der Waals surface area contributed by atoms with Gasteiger partial charge in [0.05, 0.1) is 62.0 Å². The molecule has 2 aliphatic heterocycles. The van der Waals surface area contributed by atoms with Gasteiger partial charge in [-0.15, -0.1) is 10.2 Å². The first-order valence-corrected chi connectivity index (χ1v) is 20.0. The number of carbonyl (C=O) groups excluding carboxylic acids is 3. The van der Waals surface area contributed by atoms with Gasteiger partial charge in [-0.05, 0) is 66.3 Å². The maximum Gasteiger partial charge on any atom is 0.407 e. The van der Waals surface area contributed by atoms with Gasteiger partial charge in [-0.2, -0.15) is 0 Å². The smallest absolute Gasteiger partial charge is 0.407 e. The number of fused-ring (bicyclic) bond motifs is 1. The molecule has 4 N–H and O–H groups in total. The molecule has 310 valence electrons. The SMILES string of the molecule is COCNC(C(=O)N1CCCC1c1ncc(-c2ccc(-c3ccc4cc(-c5cnc(C6CCCN6C(=O)C(COC)NC(=O)OC)[nH]5)ccc4c3)nn2)[nH]1)c1ccccc1. The van der Waals surface area contributed by atoms with Crippen molar-refractivity contribution in [3.8, 4) is 33.9 Å². The van der Waals surface area contributed by atoms with Crippen molar-refractivity contribution in [1.29, 1.82) is 0 Å². The molecule has 0 spiro atoms. The van der Waals surface area contributed by atoms with Crippen molar-refractivity contribution < 1.29 is 28.6 Å². The first kappa shape index (κ1) is 40.3. The molecule has 4 unspecified atom stereocenters. The van der Waals surface area contributed by atoms with E-state index in [-0.39, 0.29) is 37.2 Å². The molecule has 4 atom stereocenters. The molecule has 6 aromatic rings. The van der Waals surface area contributed by atoms with Gasteiger partial charge in [-0.3, -0.25) is 14.9 Å². The molecule has 5 heterocycles. The van der Waals surface area contributed by atoms with Crippen molar-refractivity contribution in [1.82, 2.24) is 50.6 Å². The predicted molar refractivity (Wildman–Crippen MR) is 223 cm³/mol. The van der Waals surface area contributed by atoms with Gasteiger partial charge in [-0.1, -0.05) is 54.6 Å². The average Bonchev–Trinajstić information content (AvgIpc) is 4.14. The van der Waals surface area contributed by atoms with Crippen molar-refractivity contribution in [2.24, 2.45) is 0 Å². The van der Waals surface area contributed by atoms with Crippen LogP contribution in [0.25, 0.3) is 44.7 Å². The normalized spacial score (nSPS) is 17.5. The zero-order valence-corrected chi connectivity index (χ0v) is 33.8. The van der Waals surface area contributed by atoms with Crippen LogP contribution in [0.2, 0.25) is 0 Å². The summed E-state index contributed by atoms with van der Waals surface area (Å²) >= 11 is 0. The van der Waals surface area contributed by atoms with Crippen LogP contribution in [-0.4, -0.2) is 112 Å². The zero-order valence-electron chi connectivity index (χ0n) is 33.8. The number of hydrogen-bond acceptors (Lipinski definition) is 11. The van der Waals surface area contributed by atoms with E-state index in [9.17, 15) is 14.4 Å². The molecule has 3 amide bonds. The molecule has 16 nitrogen and oxygen atoms in total. The highest BCUT2D eigenvalue weighted by atomic mass is 16.5. The summed E-state index contributed by atoms with van der Waals surface area (Å²) in [4.78, 5) is 59.1. The number of rotatable bonds is 14. The minimum Gasteiger partial charge on any atom is -0.453 e. The van der Waals surface area contributed by atoms with E-state index in [0.717, 1.165) is 76.1 Å². The standard InChI is InChI=1S/C44H48N10O6/c1-58-25-36(50-44(57)60-3)42(55)53-19-7-11-37(53)40-45-23-34(48-40)31-16-14-28-21-30(15-13-29(28)22-31)32-17-18-33(52-51-32)35-24-46-41(49-35)38-12-8-20-54(38)43(56)39(47-26-59-2)27-9-5-4-6-10-27/h4-6,9-10,13-18,21-24,36-39,47H,7-8,11-12,19-20,25-26H2,1-3H3,(H,45,48)(H,46,49)(H,50,57). The summed E-state index contributed by atoms with van der Waals surface area (Å²) in [5.41, 5.74) is 5.72. The Morgan fingerprint density at radius 3 is 2.00 bits per heavy atom. The number of ether oxygens (including phenoxy) is 3. The number of likely N-dealkylation sites (tertiary alicyclic amines) is 2. The van der Waals surface area contributed by atoms with Crippen molar-refractivity contribution in [2.45, 2.75) is 49.9 Å². The number of carbonyl (C=O) groups is 3. The predicted octanol–water partition coefficient (Wildman–Crippen LogP) is 5.71. The fourth-order valence-electron chi connectivity index (χ4n) is 8.19. The Labute approximate surface area is 347 Å². The van der Waals surface area contributed by atoms with Crippen molar-refractivity contribution in [2.75, 3.05) is 47.8 Å². The largest absolute Gasteiger partial charge is 0.453 e. The zero-order chi connectivity index (χ0) is 41.6. The Bertz CT molecular complexity index is 2440. The second-order valence-electron chi connectivity index (χ2n) is 14.9. The number of methoxy groups -OCH3 is 3. The molecule has 3 aromatic carbocycles. The van der Waals surface area contributed by atoms with Gasteiger partial charge in [0, 0.05) is 38.4 Å². The summed E-state index contributed by atoms with van der Waals surface area (Å²) in [6, 6.07) is 24.1. The third kappa shape index (κ3) is 8.48. The molecule has 2 fully saturated rings. The van der Waals surface area contributed by atoms with Gasteiger partial charge in [-0.25, -0.2) is 14.8 Å². The number of alkyl carbamates (subject to hydrolysis) is 1. The van der Waals surface area contributed by atoms with Gasteiger partial charge < -0.3 is 39.3 Å². The summed E-state index contributed by atoms with van der Waals surface area (Å²) < 4.78 is 15.2. The molecule has 0 bridgehead atoms.